The molecule has 0 spiro atoms. The predicted molar refractivity (Wildman–Crippen MR) is 64.9 cm³/mol. The number of carbonyl (C=O) groups excluding carboxylic acids is 1. The monoisotopic (exact) mass is 223 g/mol. The molecule has 0 saturated carbocycles. The van der Waals surface area contributed by atoms with Crippen molar-refractivity contribution in [2.45, 2.75) is 33.4 Å². The Morgan fingerprint density at radius 3 is 2.44 bits per heavy atom. The van der Waals surface area contributed by atoms with E-state index in [4.69, 9.17) is 5.73 Å². The normalized spacial score (nSPS) is 13.5. The van der Waals surface area contributed by atoms with Crippen molar-refractivity contribution in [2.75, 3.05) is 6.54 Å². The molecule has 1 rings (SSSR count). The molecule has 90 valence electrons. The van der Waals surface area contributed by atoms with Crippen molar-refractivity contribution in [3.05, 3.63) is 24.5 Å². The van der Waals surface area contributed by atoms with Crippen LogP contribution in [0.2, 0.25) is 0 Å². The zero-order valence-corrected chi connectivity index (χ0v) is 10.2. The molecule has 0 aromatic carbocycles. The van der Waals surface area contributed by atoms with Crippen LogP contribution in [0.15, 0.2) is 24.5 Å². The number of nitrogens with two attached hydrogens (primary N) is 1. The van der Waals surface area contributed by atoms with E-state index < -0.39 is 6.04 Å². The largest absolute Gasteiger partial charge is 0.353 e. The molecular formula is C12H21N3O. The number of nitrogens with one attached hydrogen (secondary N) is 1. The third kappa shape index (κ3) is 3.70. The van der Waals surface area contributed by atoms with Gasteiger partial charge in [0, 0.05) is 25.5 Å². The van der Waals surface area contributed by atoms with Gasteiger partial charge in [0.2, 0.25) is 5.91 Å². The molecule has 1 heterocycles. The number of carbonyl (C=O) groups is 1. The summed E-state index contributed by atoms with van der Waals surface area (Å²) >= 11 is 0. The van der Waals surface area contributed by atoms with Gasteiger partial charge in [0.25, 0.3) is 0 Å². The lowest BCUT2D eigenvalue weighted by Gasteiger charge is -2.25. The highest BCUT2D eigenvalue weighted by atomic mass is 16.2. The number of nitrogens with zero attached hydrogens (tertiary/aromatic N) is 1. The van der Waals surface area contributed by atoms with Crippen LogP contribution in [0.25, 0.3) is 0 Å². The maximum Gasteiger partial charge on any atom is 0.237 e. The smallest absolute Gasteiger partial charge is 0.237 e. The zero-order valence-electron chi connectivity index (χ0n) is 10.2. The van der Waals surface area contributed by atoms with Crippen LogP contribution in [0.1, 0.15) is 20.8 Å². The minimum Gasteiger partial charge on any atom is -0.353 e. The maximum atomic E-state index is 11.7. The molecule has 0 aliphatic carbocycles. The Labute approximate surface area is 96.8 Å². The molecule has 1 amide bonds. The highest BCUT2D eigenvalue weighted by Gasteiger charge is 2.26. The Morgan fingerprint density at radius 2 is 1.94 bits per heavy atom. The van der Waals surface area contributed by atoms with Gasteiger partial charge >= 0.3 is 0 Å². The molecule has 0 saturated heterocycles. The summed E-state index contributed by atoms with van der Waals surface area (Å²) in [4.78, 5) is 11.7. The third-order valence-electron chi connectivity index (χ3n) is 2.55. The van der Waals surface area contributed by atoms with E-state index in [0.29, 0.717) is 6.54 Å². The van der Waals surface area contributed by atoms with Crippen LogP contribution in [0.4, 0.5) is 0 Å². The Kier molecular flexibility index (Phi) is 4.12. The summed E-state index contributed by atoms with van der Waals surface area (Å²) in [6.45, 7) is 7.27. The Bertz CT molecular complexity index is 325. The second-order valence-electron chi connectivity index (χ2n) is 5.06. The average Bonchev–Trinajstić information content (AvgIpc) is 2.67. The fraction of sp³-hybridized carbons (Fsp3) is 0.583. The molecule has 0 bridgehead atoms. The number of rotatable bonds is 4. The van der Waals surface area contributed by atoms with Gasteiger partial charge in [-0.05, 0) is 17.5 Å². The Hall–Kier alpha value is -1.29. The molecule has 16 heavy (non-hydrogen) atoms. The molecule has 0 aliphatic heterocycles. The summed E-state index contributed by atoms with van der Waals surface area (Å²) in [7, 11) is 0. The van der Waals surface area contributed by atoms with Crippen molar-refractivity contribution < 1.29 is 4.79 Å². The summed E-state index contributed by atoms with van der Waals surface area (Å²) in [6.07, 6.45) is 3.94. The molecule has 1 aromatic rings. The van der Waals surface area contributed by atoms with E-state index >= 15 is 0 Å². The fourth-order valence-corrected chi connectivity index (χ4v) is 1.33. The third-order valence-corrected chi connectivity index (χ3v) is 2.55. The first-order chi connectivity index (χ1) is 7.41. The molecule has 4 nitrogen and oxygen atoms in total. The molecule has 1 unspecified atom stereocenters. The lowest BCUT2D eigenvalue weighted by molar-refractivity contribution is -0.124. The second kappa shape index (κ2) is 5.16. The van der Waals surface area contributed by atoms with E-state index in [-0.39, 0.29) is 11.3 Å². The van der Waals surface area contributed by atoms with E-state index in [2.05, 4.69) is 5.32 Å². The van der Waals surface area contributed by atoms with Crippen molar-refractivity contribution >= 4 is 5.91 Å². The molecule has 0 aliphatic rings. The van der Waals surface area contributed by atoms with Crippen molar-refractivity contribution in [1.82, 2.24) is 9.88 Å². The van der Waals surface area contributed by atoms with E-state index in [9.17, 15) is 4.79 Å². The summed E-state index contributed by atoms with van der Waals surface area (Å²) in [5.74, 6) is -0.0837. The Balaban J connectivity index is 2.30. The number of hydrogen-bond acceptors (Lipinski definition) is 2. The molecular weight excluding hydrogens is 202 g/mol. The number of amides is 1. The summed E-state index contributed by atoms with van der Waals surface area (Å²) in [6, 6.07) is 3.46. The molecule has 0 radical (unpaired) electrons. The minimum atomic E-state index is -0.461. The maximum absolute atomic E-state index is 11.7. The molecule has 1 atom stereocenters. The van der Waals surface area contributed by atoms with E-state index in [0.717, 1.165) is 6.54 Å². The molecule has 0 fully saturated rings. The quantitative estimate of drug-likeness (QED) is 0.799. The van der Waals surface area contributed by atoms with Crippen molar-refractivity contribution in [3.8, 4) is 0 Å². The van der Waals surface area contributed by atoms with Crippen LogP contribution < -0.4 is 11.1 Å². The minimum absolute atomic E-state index is 0.0837. The lowest BCUT2D eigenvalue weighted by Crippen LogP contribution is -2.49. The first-order valence-corrected chi connectivity index (χ1v) is 5.55. The summed E-state index contributed by atoms with van der Waals surface area (Å²) in [5.41, 5.74) is 5.64. The van der Waals surface area contributed by atoms with Crippen LogP contribution in [-0.2, 0) is 11.3 Å². The van der Waals surface area contributed by atoms with Gasteiger partial charge in [-0.1, -0.05) is 20.8 Å². The Morgan fingerprint density at radius 1 is 1.38 bits per heavy atom. The first kappa shape index (κ1) is 12.8. The van der Waals surface area contributed by atoms with Gasteiger partial charge in [0.15, 0.2) is 0 Å². The van der Waals surface area contributed by atoms with Gasteiger partial charge in [0.05, 0.1) is 6.04 Å². The highest BCUT2D eigenvalue weighted by Crippen LogP contribution is 2.16. The average molecular weight is 223 g/mol. The first-order valence-electron chi connectivity index (χ1n) is 5.55. The number of hydrogen-bond donors (Lipinski definition) is 2. The summed E-state index contributed by atoms with van der Waals surface area (Å²) in [5, 5.41) is 2.84. The van der Waals surface area contributed by atoms with Crippen molar-refractivity contribution in [1.29, 1.82) is 0 Å². The van der Waals surface area contributed by atoms with Gasteiger partial charge in [-0.15, -0.1) is 0 Å². The molecule has 4 heteroatoms. The molecule has 3 N–H and O–H groups in total. The predicted octanol–water partition coefficient (Wildman–Crippen LogP) is 0.978. The van der Waals surface area contributed by atoms with Crippen LogP contribution >= 0.6 is 0 Å². The highest BCUT2D eigenvalue weighted by molar-refractivity contribution is 5.82. The molecule has 1 aromatic heterocycles. The SMILES string of the molecule is CC(C)(C)C(N)C(=O)NCCn1cccc1. The second-order valence-corrected chi connectivity index (χ2v) is 5.06. The van der Waals surface area contributed by atoms with Gasteiger partial charge in [-0.3, -0.25) is 4.79 Å². The standard InChI is InChI=1S/C12H21N3O/c1-12(2,3)10(13)11(16)14-6-9-15-7-4-5-8-15/h4-5,7-8,10H,6,9,13H2,1-3H3,(H,14,16). The van der Waals surface area contributed by atoms with Crippen LogP contribution in [0, 0.1) is 5.41 Å². The van der Waals surface area contributed by atoms with Crippen LogP contribution in [-0.4, -0.2) is 23.1 Å². The van der Waals surface area contributed by atoms with Gasteiger partial charge < -0.3 is 15.6 Å². The number of aromatic nitrogens is 1. The topological polar surface area (TPSA) is 60.1 Å². The van der Waals surface area contributed by atoms with Gasteiger partial charge in [0.1, 0.15) is 0 Å². The van der Waals surface area contributed by atoms with Crippen molar-refractivity contribution in [3.63, 3.8) is 0 Å². The van der Waals surface area contributed by atoms with Crippen LogP contribution in [0.5, 0.6) is 0 Å². The van der Waals surface area contributed by atoms with E-state index in [1.807, 2.05) is 49.9 Å². The zero-order chi connectivity index (χ0) is 12.2. The summed E-state index contributed by atoms with van der Waals surface area (Å²) < 4.78 is 2.02. The lowest BCUT2D eigenvalue weighted by atomic mass is 9.87. The van der Waals surface area contributed by atoms with Crippen molar-refractivity contribution in [2.24, 2.45) is 11.1 Å². The van der Waals surface area contributed by atoms with E-state index in [1.165, 1.54) is 0 Å². The van der Waals surface area contributed by atoms with Crippen LogP contribution in [0.3, 0.4) is 0 Å². The van der Waals surface area contributed by atoms with Gasteiger partial charge in [-0.25, -0.2) is 0 Å². The van der Waals surface area contributed by atoms with Gasteiger partial charge in [-0.2, -0.15) is 0 Å². The van der Waals surface area contributed by atoms with E-state index in [1.54, 1.807) is 0 Å². The fourth-order valence-electron chi connectivity index (χ4n) is 1.33.